The molecule has 1 aromatic rings. The van der Waals surface area contributed by atoms with E-state index in [4.69, 9.17) is 5.11 Å². The Morgan fingerprint density at radius 3 is 2.73 bits per heavy atom. The molecule has 0 aliphatic carbocycles. The molecule has 0 amide bonds. The van der Waals surface area contributed by atoms with Crippen molar-refractivity contribution in [3.63, 3.8) is 0 Å². The Balaban J connectivity index is 3.21. The van der Waals surface area contributed by atoms with Crippen molar-refractivity contribution in [1.82, 2.24) is 0 Å². The number of nitro groups is 1. The Labute approximate surface area is 90.3 Å². The van der Waals surface area contributed by atoms with Gasteiger partial charge in [-0.3, -0.25) is 10.1 Å². The minimum absolute atomic E-state index is 0.265. The lowest BCUT2D eigenvalue weighted by molar-refractivity contribution is -0.385. The van der Waals surface area contributed by atoms with Gasteiger partial charge in [-0.25, -0.2) is 4.79 Å². The first-order valence-corrected chi connectivity index (χ1v) is 5.19. The molecule has 0 aliphatic rings. The van der Waals surface area contributed by atoms with Crippen LogP contribution in [0, 0.1) is 10.1 Å². The molecular weight excluding hydrogens is 218 g/mol. The average molecular weight is 227 g/mol. The number of hydrogen-bond acceptors (Lipinski definition) is 4. The van der Waals surface area contributed by atoms with Crippen LogP contribution in [0.5, 0.6) is 0 Å². The molecule has 1 rings (SSSR count). The van der Waals surface area contributed by atoms with Gasteiger partial charge in [-0.2, -0.15) is 0 Å². The smallest absolute Gasteiger partial charge is 0.342 e. The van der Waals surface area contributed by atoms with Crippen LogP contribution in [0.25, 0.3) is 0 Å². The number of aromatic carboxylic acids is 1. The predicted molar refractivity (Wildman–Crippen MR) is 56.5 cm³/mol. The molecule has 0 spiro atoms. The number of carbonyl (C=O) groups is 1. The Hall–Kier alpha value is -1.56. The third-order valence-electron chi connectivity index (χ3n) is 1.71. The second kappa shape index (κ2) is 4.79. The van der Waals surface area contributed by atoms with E-state index in [1.807, 2.05) is 6.92 Å². The zero-order valence-electron chi connectivity index (χ0n) is 7.97. The fourth-order valence-corrected chi connectivity index (χ4v) is 1.80. The molecule has 0 saturated heterocycles. The lowest BCUT2D eigenvalue weighted by atomic mass is 10.2. The van der Waals surface area contributed by atoms with Crippen LogP contribution in [0.1, 0.15) is 17.3 Å². The summed E-state index contributed by atoms with van der Waals surface area (Å²) in [5.74, 6) is -0.489. The van der Waals surface area contributed by atoms with Gasteiger partial charge in [-0.05, 0) is 17.9 Å². The number of thioether (sulfide) groups is 1. The lowest BCUT2D eigenvalue weighted by Crippen LogP contribution is -2.02. The highest BCUT2D eigenvalue weighted by molar-refractivity contribution is 7.99. The molecule has 0 fully saturated rings. The number of rotatable bonds is 4. The standard InChI is InChI=1S/C9H9NO4S/c1-2-15-6-3-4-8(10(13)14)7(5-6)9(11)12/h3-5H,2H2,1H3,(H,11,12). The summed E-state index contributed by atoms with van der Waals surface area (Å²) in [4.78, 5) is 21.3. The number of hydrogen-bond donors (Lipinski definition) is 1. The van der Waals surface area contributed by atoms with Crippen molar-refractivity contribution < 1.29 is 14.8 Å². The molecule has 80 valence electrons. The molecule has 6 heteroatoms. The van der Waals surface area contributed by atoms with Gasteiger partial charge in [0.25, 0.3) is 5.69 Å². The van der Waals surface area contributed by atoms with Crippen molar-refractivity contribution in [2.24, 2.45) is 0 Å². The maximum absolute atomic E-state index is 10.8. The number of nitro benzene ring substituents is 1. The molecule has 1 aromatic carbocycles. The SMILES string of the molecule is CCSc1ccc([N+](=O)[O-])c(C(=O)O)c1. The van der Waals surface area contributed by atoms with E-state index < -0.39 is 10.9 Å². The van der Waals surface area contributed by atoms with E-state index in [0.717, 1.165) is 10.6 Å². The highest BCUT2D eigenvalue weighted by atomic mass is 32.2. The van der Waals surface area contributed by atoms with E-state index in [1.54, 1.807) is 6.07 Å². The van der Waals surface area contributed by atoms with Crippen LogP contribution in [-0.4, -0.2) is 21.8 Å². The van der Waals surface area contributed by atoms with Crippen LogP contribution in [-0.2, 0) is 0 Å². The van der Waals surface area contributed by atoms with Crippen LogP contribution in [0.3, 0.4) is 0 Å². The first-order chi connectivity index (χ1) is 7.06. The fourth-order valence-electron chi connectivity index (χ4n) is 1.10. The number of benzene rings is 1. The predicted octanol–water partition coefficient (Wildman–Crippen LogP) is 2.41. The Bertz CT molecular complexity index is 405. The zero-order valence-corrected chi connectivity index (χ0v) is 8.78. The van der Waals surface area contributed by atoms with Gasteiger partial charge < -0.3 is 5.11 Å². The number of nitrogens with zero attached hydrogens (tertiary/aromatic N) is 1. The second-order valence-electron chi connectivity index (χ2n) is 2.67. The van der Waals surface area contributed by atoms with Crippen LogP contribution < -0.4 is 0 Å². The Kier molecular flexibility index (Phi) is 3.68. The molecule has 0 atom stereocenters. The summed E-state index contributed by atoms with van der Waals surface area (Å²) in [5, 5.41) is 19.3. The van der Waals surface area contributed by atoms with Gasteiger partial charge in [0.1, 0.15) is 5.56 Å². The maximum Gasteiger partial charge on any atom is 0.342 e. The average Bonchev–Trinajstić information content (AvgIpc) is 2.17. The van der Waals surface area contributed by atoms with Crippen molar-refractivity contribution in [1.29, 1.82) is 0 Å². The topological polar surface area (TPSA) is 80.4 Å². The molecule has 0 saturated carbocycles. The summed E-state index contributed by atoms with van der Waals surface area (Å²) < 4.78 is 0. The van der Waals surface area contributed by atoms with E-state index in [9.17, 15) is 14.9 Å². The van der Waals surface area contributed by atoms with Gasteiger partial charge in [0.05, 0.1) is 4.92 Å². The second-order valence-corrected chi connectivity index (χ2v) is 4.01. The monoisotopic (exact) mass is 227 g/mol. The highest BCUT2D eigenvalue weighted by Crippen LogP contribution is 2.25. The normalized spacial score (nSPS) is 9.93. The molecule has 5 nitrogen and oxygen atoms in total. The molecule has 0 radical (unpaired) electrons. The third kappa shape index (κ3) is 2.69. The summed E-state index contributed by atoms with van der Waals surface area (Å²) in [7, 11) is 0. The Morgan fingerprint density at radius 2 is 2.27 bits per heavy atom. The number of carboxylic acid groups (broad SMARTS) is 1. The molecule has 0 aromatic heterocycles. The van der Waals surface area contributed by atoms with Crippen LogP contribution in [0.15, 0.2) is 23.1 Å². The van der Waals surface area contributed by atoms with E-state index in [2.05, 4.69) is 0 Å². The summed E-state index contributed by atoms with van der Waals surface area (Å²) >= 11 is 1.44. The van der Waals surface area contributed by atoms with Crippen LogP contribution in [0.2, 0.25) is 0 Å². The molecule has 0 aliphatic heterocycles. The molecule has 0 unspecified atom stereocenters. The van der Waals surface area contributed by atoms with Crippen molar-refractivity contribution in [3.8, 4) is 0 Å². The quantitative estimate of drug-likeness (QED) is 0.485. The summed E-state index contributed by atoms with van der Waals surface area (Å²) in [5.41, 5.74) is -0.638. The third-order valence-corrected chi connectivity index (χ3v) is 2.58. The number of carboxylic acids is 1. The zero-order chi connectivity index (χ0) is 11.4. The van der Waals surface area contributed by atoms with E-state index in [1.165, 1.54) is 23.9 Å². The summed E-state index contributed by atoms with van der Waals surface area (Å²) in [6, 6.07) is 4.11. The molecular formula is C9H9NO4S. The Morgan fingerprint density at radius 1 is 1.60 bits per heavy atom. The summed E-state index contributed by atoms with van der Waals surface area (Å²) in [6.45, 7) is 1.92. The van der Waals surface area contributed by atoms with Crippen LogP contribution >= 0.6 is 11.8 Å². The van der Waals surface area contributed by atoms with Gasteiger partial charge in [0, 0.05) is 11.0 Å². The van der Waals surface area contributed by atoms with Crippen molar-refractivity contribution >= 4 is 23.4 Å². The van der Waals surface area contributed by atoms with E-state index in [0.29, 0.717) is 0 Å². The highest BCUT2D eigenvalue weighted by Gasteiger charge is 2.19. The maximum atomic E-state index is 10.8. The van der Waals surface area contributed by atoms with Crippen molar-refractivity contribution in [2.75, 3.05) is 5.75 Å². The van der Waals surface area contributed by atoms with E-state index >= 15 is 0 Å². The van der Waals surface area contributed by atoms with Gasteiger partial charge in [0.15, 0.2) is 0 Å². The van der Waals surface area contributed by atoms with Gasteiger partial charge in [-0.1, -0.05) is 6.92 Å². The van der Waals surface area contributed by atoms with E-state index in [-0.39, 0.29) is 11.3 Å². The lowest BCUT2D eigenvalue weighted by Gasteiger charge is -2.01. The first kappa shape index (κ1) is 11.5. The van der Waals surface area contributed by atoms with Gasteiger partial charge >= 0.3 is 5.97 Å². The largest absolute Gasteiger partial charge is 0.477 e. The minimum Gasteiger partial charge on any atom is -0.477 e. The molecule has 0 bridgehead atoms. The van der Waals surface area contributed by atoms with Crippen molar-refractivity contribution in [3.05, 3.63) is 33.9 Å². The molecule has 1 N–H and O–H groups in total. The molecule has 0 heterocycles. The first-order valence-electron chi connectivity index (χ1n) is 4.20. The molecule has 15 heavy (non-hydrogen) atoms. The van der Waals surface area contributed by atoms with Crippen molar-refractivity contribution in [2.45, 2.75) is 11.8 Å². The van der Waals surface area contributed by atoms with Gasteiger partial charge in [-0.15, -0.1) is 11.8 Å². The fraction of sp³-hybridized carbons (Fsp3) is 0.222. The van der Waals surface area contributed by atoms with Gasteiger partial charge in [0.2, 0.25) is 0 Å². The minimum atomic E-state index is -1.28. The van der Waals surface area contributed by atoms with Crippen LogP contribution in [0.4, 0.5) is 5.69 Å². The summed E-state index contributed by atoms with van der Waals surface area (Å²) in [6.07, 6.45) is 0.